The third-order valence-electron chi connectivity index (χ3n) is 4.40. The number of para-hydroxylation sites is 1. The van der Waals surface area contributed by atoms with E-state index in [2.05, 4.69) is 27.8 Å². The molecule has 2 unspecified atom stereocenters. The lowest BCUT2D eigenvalue weighted by Gasteiger charge is -2.38. The van der Waals surface area contributed by atoms with Crippen molar-refractivity contribution in [3.8, 4) is 5.69 Å². The third-order valence-corrected chi connectivity index (χ3v) is 4.40. The fourth-order valence-electron chi connectivity index (χ4n) is 2.91. The SMILES string of the molecule is CC1(CNc2nnnn2-c2ccccc2)CCCCC1O. The van der Waals surface area contributed by atoms with Crippen LogP contribution in [0.15, 0.2) is 30.3 Å². The van der Waals surface area contributed by atoms with Gasteiger partial charge in [-0.3, -0.25) is 0 Å². The summed E-state index contributed by atoms with van der Waals surface area (Å²) in [7, 11) is 0. The maximum absolute atomic E-state index is 10.2. The second kappa shape index (κ2) is 5.81. The molecule has 0 spiro atoms. The molecule has 0 bridgehead atoms. The highest BCUT2D eigenvalue weighted by molar-refractivity contribution is 5.38. The van der Waals surface area contributed by atoms with Crippen molar-refractivity contribution in [1.82, 2.24) is 20.2 Å². The number of tetrazole rings is 1. The number of nitrogens with one attached hydrogen (secondary N) is 1. The Kier molecular flexibility index (Phi) is 3.88. The maximum atomic E-state index is 10.2. The zero-order chi connectivity index (χ0) is 14.7. The zero-order valence-corrected chi connectivity index (χ0v) is 12.2. The van der Waals surface area contributed by atoms with Gasteiger partial charge in [-0.15, -0.1) is 0 Å². The van der Waals surface area contributed by atoms with Gasteiger partial charge in [0.1, 0.15) is 0 Å². The van der Waals surface area contributed by atoms with E-state index in [9.17, 15) is 5.11 Å². The number of aliphatic hydroxyl groups is 1. The minimum atomic E-state index is -0.264. The molecule has 1 aromatic carbocycles. The van der Waals surface area contributed by atoms with Gasteiger partial charge in [-0.05, 0) is 35.4 Å². The van der Waals surface area contributed by atoms with Crippen LogP contribution in [0, 0.1) is 5.41 Å². The van der Waals surface area contributed by atoms with E-state index in [1.54, 1.807) is 4.68 Å². The van der Waals surface area contributed by atoms with E-state index in [1.807, 2.05) is 30.3 Å². The molecule has 3 rings (SSSR count). The predicted molar refractivity (Wildman–Crippen MR) is 80.2 cm³/mol. The van der Waals surface area contributed by atoms with Gasteiger partial charge in [0.25, 0.3) is 0 Å². The molecule has 0 radical (unpaired) electrons. The lowest BCUT2D eigenvalue weighted by molar-refractivity contribution is 0.00951. The van der Waals surface area contributed by atoms with Crippen molar-refractivity contribution in [3.63, 3.8) is 0 Å². The first-order valence-corrected chi connectivity index (χ1v) is 7.45. The first-order chi connectivity index (χ1) is 10.2. The Morgan fingerprint density at radius 3 is 2.90 bits per heavy atom. The van der Waals surface area contributed by atoms with Crippen molar-refractivity contribution in [2.24, 2.45) is 5.41 Å². The van der Waals surface area contributed by atoms with E-state index >= 15 is 0 Å². The molecule has 6 nitrogen and oxygen atoms in total. The number of nitrogens with zero attached hydrogens (tertiary/aromatic N) is 4. The van der Waals surface area contributed by atoms with E-state index in [4.69, 9.17) is 0 Å². The molecule has 1 aromatic heterocycles. The van der Waals surface area contributed by atoms with Crippen LogP contribution in [0.1, 0.15) is 32.6 Å². The quantitative estimate of drug-likeness (QED) is 0.899. The molecule has 0 aliphatic heterocycles. The summed E-state index contributed by atoms with van der Waals surface area (Å²) in [6.45, 7) is 2.79. The largest absolute Gasteiger partial charge is 0.392 e. The third kappa shape index (κ3) is 2.90. The van der Waals surface area contributed by atoms with Crippen LogP contribution < -0.4 is 5.32 Å². The van der Waals surface area contributed by atoms with Gasteiger partial charge in [-0.25, -0.2) is 0 Å². The summed E-state index contributed by atoms with van der Waals surface area (Å²) in [6.07, 6.45) is 3.91. The van der Waals surface area contributed by atoms with Crippen molar-refractivity contribution >= 4 is 5.95 Å². The van der Waals surface area contributed by atoms with Crippen LogP contribution in [0.3, 0.4) is 0 Å². The van der Waals surface area contributed by atoms with Crippen LogP contribution >= 0.6 is 0 Å². The minimum absolute atomic E-state index is 0.119. The van der Waals surface area contributed by atoms with Crippen LogP contribution in [0.4, 0.5) is 5.95 Å². The number of hydrogen-bond donors (Lipinski definition) is 2. The van der Waals surface area contributed by atoms with Crippen molar-refractivity contribution in [2.45, 2.75) is 38.7 Å². The van der Waals surface area contributed by atoms with Gasteiger partial charge < -0.3 is 10.4 Å². The molecule has 2 N–H and O–H groups in total. The van der Waals surface area contributed by atoms with Gasteiger partial charge in [0.05, 0.1) is 11.8 Å². The molecule has 1 fully saturated rings. The zero-order valence-electron chi connectivity index (χ0n) is 12.2. The standard InChI is InChI=1S/C15H21N5O/c1-15(10-6-5-9-13(15)21)11-16-14-17-18-19-20(14)12-7-3-2-4-8-12/h2-4,7-8,13,21H,5-6,9-11H2,1H3,(H,16,17,19). The smallest absolute Gasteiger partial charge is 0.247 e. The number of hydrogen-bond acceptors (Lipinski definition) is 5. The van der Waals surface area contributed by atoms with Gasteiger partial charge in [0, 0.05) is 12.0 Å². The molecule has 1 aliphatic rings. The normalized spacial score (nSPS) is 25.7. The van der Waals surface area contributed by atoms with E-state index in [0.29, 0.717) is 12.5 Å². The first-order valence-electron chi connectivity index (χ1n) is 7.45. The Balaban J connectivity index is 1.73. The minimum Gasteiger partial charge on any atom is -0.392 e. The van der Waals surface area contributed by atoms with Crippen molar-refractivity contribution in [3.05, 3.63) is 30.3 Å². The molecular formula is C15H21N5O. The van der Waals surface area contributed by atoms with E-state index < -0.39 is 0 Å². The predicted octanol–water partition coefficient (Wildman–Crippen LogP) is 2.02. The van der Waals surface area contributed by atoms with Crippen LogP contribution in [-0.2, 0) is 0 Å². The van der Waals surface area contributed by atoms with Gasteiger partial charge in [0.2, 0.25) is 5.95 Å². The van der Waals surface area contributed by atoms with Gasteiger partial charge in [0.15, 0.2) is 0 Å². The summed E-state index contributed by atoms with van der Waals surface area (Å²) in [5.74, 6) is 0.611. The van der Waals surface area contributed by atoms with Gasteiger partial charge in [-0.2, -0.15) is 4.68 Å². The van der Waals surface area contributed by atoms with Crippen molar-refractivity contribution in [2.75, 3.05) is 11.9 Å². The van der Waals surface area contributed by atoms with E-state index in [1.165, 1.54) is 6.42 Å². The topological polar surface area (TPSA) is 75.9 Å². The highest BCUT2D eigenvalue weighted by Crippen LogP contribution is 2.36. The number of aromatic nitrogens is 4. The first kappa shape index (κ1) is 14.0. The fraction of sp³-hybridized carbons (Fsp3) is 0.533. The lowest BCUT2D eigenvalue weighted by atomic mass is 9.73. The van der Waals surface area contributed by atoms with Crippen molar-refractivity contribution < 1.29 is 5.11 Å². The van der Waals surface area contributed by atoms with Crippen LogP contribution in [0.5, 0.6) is 0 Å². The lowest BCUT2D eigenvalue weighted by Crippen LogP contribution is -2.41. The average Bonchev–Trinajstić information content (AvgIpc) is 2.98. The molecule has 2 aromatic rings. The van der Waals surface area contributed by atoms with E-state index in [-0.39, 0.29) is 11.5 Å². The maximum Gasteiger partial charge on any atom is 0.247 e. The summed E-state index contributed by atoms with van der Waals surface area (Å²) in [5.41, 5.74) is 0.797. The number of anilines is 1. The molecule has 2 atom stereocenters. The van der Waals surface area contributed by atoms with Crippen molar-refractivity contribution in [1.29, 1.82) is 0 Å². The highest BCUT2D eigenvalue weighted by atomic mass is 16.3. The monoisotopic (exact) mass is 287 g/mol. The fourth-order valence-corrected chi connectivity index (χ4v) is 2.91. The van der Waals surface area contributed by atoms with Crippen LogP contribution in [-0.4, -0.2) is 38.0 Å². The molecule has 112 valence electrons. The van der Waals surface area contributed by atoms with Gasteiger partial charge >= 0.3 is 0 Å². The number of rotatable bonds is 4. The summed E-state index contributed by atoms with van der Waals surface area (Å²) >= 11 is 0. The summed E-state index contributed by atoms with van der Waals surface area (Å²) in [4.78, 5) is 0. The number of benzene rings is 1. The Bertz CT molecular complexity index is 585. The Labute approximate surface area is 124 Å². The number of aliphatic hydroxyl groups excluding tert-OH is 1. The molecule has 0 amide bonds. The molecule has 1 aliphatic carbocycles. The molecular weight excluding hydrogens is 266 g/mol. The Morgan fingerprint density at radius 2 is 2.14 bits per heavy atom. The van der Waals surface area contributed by atoms with Crippen LogP contribution in [0.2, 0.25) is 0 Å². The Morgan fingerprint density at radius 1 is 1.33 bits per heavy atom. The molecule has 1 heterocycles. The van der Waals surface area contributed by atoms with Gasteiger partial charge in [-0.1, -0.05) is 43.1 Å². The summed E-state index contributed by atoms with van der Waals surface area (Å²) < 4.78 is 1.68. The Hall–Kier alpha value is -1.95. The van der Waals surface area contributed by atoms with Crippen LogP contribution in [0.25, 0.3) is 5.69 Å². The van der Waals surface area contributed by atoms with E-state index in [0.717, 1.165) is 24.9 Å². The molecule has 1 saturated carbocycles. The molecule has 21 heavy (non-hydrogen) atoms. The second-order valence-corrected chi connectivity index (χ2v) is 6.02. The summed E-state index contributed by atoms with van der Waals surface area (Å²) in [6, 6.07) is 9.78. The molecule has 0 saturated heterocycles. The highest BCUT2D eigenvalue weighted by Gasteiger charge is 2.35. The second-order valence-electron chi connectivity index (χ2n) is 6.02. The summed E-state index contributed by atoms with van der Waals surface area (Å²) in [5, 5.41) is 25.4. The molecule has 6 heteroatoms. The average molecular weight is 287 g/mol.